The SMILES string of the molecule is O=c1c2ccccc2cnn1CCNc1ncc([N+](=O)[O-])cc1Cl. The summed E-state index contributed by atoms with van der Waals surface area (Å²) in [4.78, 5) is 26.3. The van der Waals surface area contributed by atoms with Gasteiger partial charge < -0.3 is 5.32 Å². The number of halogens is 1. The topological polar surface area (TPSA) is 103 Å². The number of nitro groups is 1. The number of nitrogens with one attached hydrogen (secondary N) is 1. The molecule has 9 heteroatoms. The number of nitrogens with zero attached hydrogens (tertiary/aromatic N) is 4. The molecule has 0 bridgehead atoms. The summed E-state index contributed by atoms with van der Waals surface area (Å²) in [5, 5.41) is 19.2. The van der Waals surface area contributed by atoms with E-state index in [-0.39, 0.29) is 16.3 Å². The van der Waals surface area contributed by atoms with Crippen LogP contribution in [0.2, 0.25) is 5.02 Å². The Bertz CT molecular complexity index is 973. The summed E-state index contributed by atoms with van der Waals surface area (Å²) in [6.45, 7) is 0.647. The van der Waals surface area contributed by atoms with Crippen LogP contribution in [0.15, 0.2) is 47.5 Å². The number of fused-ring (bicyclic) bond motifs is 1. The highest BCUT2D eigenvalue weighted by Gasteiger charge is 2.10. The molecule has 2 aromatic heterocycles. The maximum absolute atomic E-state index is 12.3. The van der Waals surface area contributed by atoms with Crippen molar-refractivity contribution in [3.63, 3.8) is 0 Å². The van der Waals surface area contributed by atoms with Gasteiger partial charge in [0.05, 0.1) is 28.1 Å². The molecule has 8 nitrogen and oxygen atoms in total. The minimum Gasteiger partial charge on any atom is -0.367 e. The number of rotatable bonds is 5. The van der Waals surface area contributed by atoms with E-state index in [0.717, 1.165) is 11.6 Å². The monoisotopic (exact) mass is 345 g/mol. The second-order valence-electron chi connectivity index (χ2n) is 4.97. The zero-order valence-electron chi connectivity index (χ0n) is 12.3. The summed E-state index contributed by atoms with van der Waals surface area (Å²) >= 11 is 5.95. The molecule has 3 aromatic rings. The van der Waals surface area contributed by atoms with Gasteiger partial charge in [-0.05, 0) is 6.07 Å². The first-order valence-electron chi connectivity index (χ1n) is 7.05. The molecule has 0 atom stereocenters. The fourth-order valence-corrected chi connectivity index (χ4v) is 2.45. The Kier molecular flexibility index (Phi) is 4.39. The predicted octanol–water partition coefficient (Wildman–Crippen LogP) is 2.47. The van der Waals surface area contributed by atoms with Gasteiger partial charge in [0.15, 0.2) is 0 Å². The minimum atomic E-state index is -0.568. The van der Waals surface area contributed by atoms with Gasteiger partial charge in [-0.2, -0.15) is 5.10 Å². The molecule has 2 heterocycles. The van der Waals surface area contributed by atoms with Crippen LogP contribution in [0.3, 0.4) is 0 Å². The molecule has 0 aliphatic rings. The Hall–Kier alpha value is -3.00. The second kappa shape index (κ2) is 6.63. The first-order valence-corrected chi connectivity index (χ1v) is 7.43. The zero-order chi connectivity index (χ0) is 17.1. The van der Waals surface area contributed by atoms with Gasteiger partial charge in [0, 0.05) is 18.0 Å². The van der Waals surface area contributed by atoms with Gasteiger partial charge in [0.2, 0.25) is 0 Å². The summed E-state index contributed by atoms with van der Waals surface area (Å²) in [5.41, 5.74) is -0.365. The fourth-order valence-electron chi connectivity index (χ4n) is 2.22. The lowest BCUT2D eigenvalue weighted by molar-refractivity contribution is -0.385. The van der Waals surface area contributed by atoms with E-state index >= 15 is 0 Å². The smallest absolute Gasteiger partial charge is 0.289 e. The minimum absolute atomic E-state index is 0.142. The highest BCUT2D eigenvalue weighted by atomic mass is 35.5. The third kappa shape index (κ3) is 3.18. The quantitative estimate of drug-likeness (QED) is 0.562. The summed E-state index contributed by atoms with van der Waals surface area (Å²) in [7, 11) is 0. The van der Waals surface area contributed by atoms with Gasteiger partial charge in [-0.15, -0.1) is 0 Å². The van der Waals surface area contributed by atoms with Crippen molar-refractivity contribution in [3.05, 3.63) is 68.2 Å². The van der Waals surface area contributed by atoms with Gasteiger partial charge in [0.25, 0.3) is 11.2 Å². The highest BCUT2D eigenvalue weighted by Crippen LogP contribution is 2.23. The van der Waals surface area contributed by atoms with E-state index in [9.17, 15) is 14.9 Å². The maximum atomic E-state index is 12.3. The number of benzene rings is 1. The number of pyridine rings is 1. The molecule has 1 N–H and O–H groups in total. The molecular formula is C15H12ClN5O3. The first-order chi connectivity index (χ1) is 11.6. The summed E-state index contributed by atoms with van der Waals surface area (Å²) in [6, 6.07) is 8.44. The molecule has 24 heavy (non-hydrogen) atoms. The van der Waals surface area contributed by atoms with Crippen LogP contribution < -0.4 is 10.9 Å². The molecule has 0 aliphatic carbocycles. The van der Waals surface area contributed by atoms with Crippen molar-refractivity contribution in [2.75, 3.05) is 11.9 Å². The molecule has 0 saturated carbocycles. The van der Waals surface area contributed by atoms with Crippen LogP contribution in [0.1, 0.15) is 0 Å². The lowest BCUT2D eigenvalue weighted by atomic mass is 10.2. The third-order valence-electron chi connectivity index (χ3n) is 3.42. The van der Waals surface area contributed by atoms with Crippen molar-refractivity contribution >= 4 is 33.9 Å². The molecule has 3 rings (SSSR count). The van der Waals surface area contributed by atoms with Crippen molar-refractivity contribution in [2.24, 2.45) is 0 Å². The Balaban J connectivity index is 1.72. The molecule has 1 aromatic carbocycles. The van der Waals surface area contributed by atoms with E-state index < -0.39 is 4.92 Å². The standard InChI is InChI=1S/C15H12ClN5O3/c16-13-7-11(21(23)24)9-18-14(13)17-5-6-20-15(22)12-4-2-1-3-10(12)8-19-20/h1-4,7-9H,5-6H2,(H,17,18). The molecule has 122 valence electrons. The number of hydrogen-bond acceptors (Lipinski definition) is 6. The van der Waals surface area contributed by atoms with Crippen LogP contribution in [-0.2, 0) is 6.54 Å². The van der Waals surface area contributed by atoms with Crippen molar-refractivity contribution in [2.45, 2.75) is 6.54 Å². The summed E-state index contributed by atoms with van der Waals surface area (Å²) in [6.07, 6.45) is 2.75. The van der Waals surface area contributed by atoms with Crippen LogP contribution in [0.25, 0.3) is 10.8 Å². The second-order valence-corrected chi connectivity index (χ2v) is 5.38. The average molecular weight is 346 g/mol. The van der Waals surface area contributed by atoms with Gasteiger partial charge in [-0.1, -0.05) is 29.8 Å². The summed E-state index contributed by atoms with van der Waals surface area (Å²) in [5.74, 6) is 0.316. The van der Waals surface area contributed by atoms with Gasteiger partial charge >= 0.3 is 0 Å². The lowest BCUT2D eigenvalue weighted by Crippen LogP contribution is -2.26. The molecule has 0 saturated heterocycles. The van der Waals surface area contributed by atoms with Crippen LogP contribution in [-0.4, -0.2) is 26.2 Å². The number of anilines is 1. The molecule has 0 radical (unpaired) electrons. The number of aromatic nitrogens is 3. The molecule has 0 fully saturated rings. The Morgan fingerprint density at radius 3 is 2.83 bits per heavy atom. The normalized spacial score (nSPS) is 10.7. The lowest BCUT2D eigenvalue weighted by Gasteiger charge is -2.09. The highest BCUT2D eigenvalue weighted by molar-refractivity contribution is 6.33. The van der Waals surface area contributed by atoms with Crippen molar-refractivity contribution in [3.8, 4) is 0 Å². The van der Waals surface area contributed by atoms with E-state index in [1.807, 2.05) is 12.1 Å². The van der Waals surface area contributed by atoms with Crippen LogP contribution in [0.4, 0.5) is 11.5 Å². The molecule has 0 spiro atoms. The molecule has 0 unspecified atom stereocenters. The Labute approximate surface area is 140 Å². The van der Waals surface area contributed by atoms with E-state index in [4.69, 9.17) is 11.6 Å². The maximum Gasteiger partial charge on any atom is 0.289 e. The molecule has 0 aliphatic heterocycles. The summed E-state index contributed by atoms with van der Waals surface area (Å²) < 4.78 is 1.34. The third-order valence-corrected chi connectivity index (χ3v) is 3.70. The zero-order valence-corrected chi connectivity index (χ0v) is 13.1. The largest absolute Gasteiger partial charge is 0.367 e. The van der Waals surface area contributed by atoms with Crippen molar-refractivity contribution in [1.29, 1.82) is 0 Å². The average Bonchev–Trinajstić information content (AvgIpc) is 2.58. The van der Waals surface area contributed by atoms with E-state index in [0.29, 0.717) is 24.3 Å². The fraction of sp³-hybridized carbons (Fsp3) is 0.133. The first kappa shape index (κ1) is 15.9. The van der Waals surface area contributed by atoms with Gasteiger partial charge in [0.1, 0.15) is 12.0 Å². The van der Waals surface area contributed by atoms with Gasteiger partial charge in [-0.3, -0.25) is 14.9 Å². The predicted molar refractivity (Wildman–Crippen MR) is 90.4 cm³/mol. The van der Waals surface area contributed by atoms with Crippen LogP contribution in [0, 0.1) is 10.1 Å². The van der Waals surface area contributed by atoms with Gasteiger partial charge in [-0.25, -0.2) is 9.67 Å². The Morgan fingerprint density at radius 1 is 1.29 bits per heavy atom. The van der Waals surface area contributed by atoms with Crippen molar-refractivity contribution in [1.82, 2.24) is 14.8 Å². The number of hydrogen-bond donors (Lipinski definition) is 1. The van der Waals surface area contributed by atoms with Crippen LogP contribution >= 0.6 is 11.6 Å². The molecular weight excluding hydrogens is 334 g/mol. The van der Waals surface area contributed by atoms with Crippen LogP contribution in [0.5, 0.6) is 0 Å². The van der Waals surface area contributed by atoms with E-state index in [1.54, 1.807) is 18.3 Å². The Morgan fingerprint density at radius 2 is 2.08 bits per heavy atom. The van der Waals surface area contributed by atoms with E-state index in [2.05, 4.69) is 15.4 Å². The molecule has 0 amide bonds. The van der Waals surface area contributed by atoms with Crippen molar-refractivity contribution < 1.29 is 4.92 Å². The van der Waals surface area contributed by atoms with E-state index in [1.165, 1.54) is 10.7 Å².